The maximum atomic E-state index is 2.26. The molecule has 0 saturated carbocycles. The van der Waals surface area contributed by atoms with Gasteiger partial charge in [-0.15, -0.1) is 0 Å². The Morgan fingerprint density at radius 1 is 1.08 bits per heavy atom. The maximum absolute atomic E-state index is 2.26. The smallest absolute Gasteiger partial charge is 0.241 e. The van der Waals surface area contributed by atoms with Crippen LogP contribution in [0.1, 0.15) is 0 Å². The predicted molar refractivity (Wildman–Crippen MR) is 58.9 cm³/mol. The van der Waals surface area contributed by atoms with Crippen molar-refractivity contribution >= 4 is 18.3 Å². The third-order valence-electron chi connectivity index (χ3n) is 1.62. The molecular weight excluding hydrogens is 165 g/mol. The van der Waals surface area contributed by atoms with Crippen molar-refractivity contribution in [3.05, 3.63) is 30.3 Å². The first-order chi connectivity index (χ1) is 5.58. The van der Waals surface area contributed by atoms with Crippen molar-refractivity contribution < 1.29 is 4.39 Å². The van der Waals surface area contributed by atoms with Gasteiger partial charge in [-0.1, -0.05) is 30.3 Å². The number of hydrogen-bond donors (Lipinski definition) is 0. The van der Waals surface area contributed by atoms with Gasteiger partial charge in [0.2, 0.25) is 6.69 Å². The fourth-order valence-electron chi connectivity index (χ4n) is 0.936. The molecule has 0 saturated heterocycles. The fourth-order valence-corrected chi connectivity index (χ4v) is 2.12. The molecule has 0 aliphatic carbocycles. The van der Waals surface area contributed by atoms with E-state index in [0.717, 1.165) is 4.39 Å². The molecule has 0 unspecified atom stereocenters. The highest BCUT2D eigenvalue weighted by Gasteiger charge is 1.99. The molecule has 0 N–H and O–H groups in total. The molecule has 12 heavy (non-hydrogen) atoms. The van der Waals surface area contributed by atoms with E-state index in [1.807, 2.05) is 11.6 Å². The average molecular weight is 181 g/mol. The molecule has 0 heterocycles. The highest BCUT2D eigenvalue weighted by Crippen LogP contribution is 2.16. The van der Waals surface area contributed by atoms with E-state index in [4.69, 9.17) is 0 Å². The van der Waals surface area contributed by atoms with Gasteiger partial charge in [0.05, 0.1) is 0 Å². The standard InChI is InChI=1S/C9H16BNS/c1-11(2,3)10-12-9-7-5-4-6-8-9/h4-8H,10H2,1-3H3. The van der Waals surface area contributed by atoms with Crippen molar-refractivity contribution in [3.8, 4) is 0 Å². The molecular formula is C9H16BNS. The van der Waals surface area contributed by atoms with Gasteiger partial charge in [0.15, 0.2) is 0 Å². The summed E-state index contributed by atoms with van der Waals surface area (Å²) in [5.74, 6) is 0. The van der Waals surface area contributed by atoms with Gasteiger partial charge in [-0.2, -0.15) is 0 Å². The van der Waals surface area contributed by atoms with E-state index in [1.165, 1.54) is 4.90 Å². The third kappa shape index (κ3) is 3.84. The van der Waals surface area contributed by atoms with Crippen molar-refractivity contribution in [2.45, 2.75) is 4.90 Å². The Morgan fingerprint density at radius 2 is 1.67 bits per heavy atom. The number of rotatable bonds is 3. The second-order valence-electron chi connectivity index (χ2n) is 4.38. The molecule has 0 spiro atoms. The summed E-state index contributed by atoms with van der Waals surface area (Å²) in [5.41, 5.74) is 0. The van der Waals surface area contributed by atoms with E-state index in [2.05, 4.69) is 51.5 Å². The summed E-state index contributed by atoms with van der Waals surface area (Å²) in [4.78, 5) is 1.41. The Labute approximate surface area is 79.5 Å². The summed E-state index contributed by atoms with van der Waals surface area (Å²) < 4.78 is 1.12. The van der Waals surface area contributed by atoms with E-state index in [0.29, 0.717) is 0 Å². The fraction of sp³-hybridized carbons (Fsp3) is 0.333. The zero-order valence-corrected chi connectivity index (χ0v) is 9.06. The lowest BCUT2D eigenvalue weighted by molar-refractivity contribution is -0.752. The largest absolute Gasteiger partial charge is 0.518 e. The first kappa shape index (κ1) is 9.68. The van der Waals surface area contributed by atoms with Crippen LogP contribution in [0.3, 0.4) is 0 Å². The van der Waals surface area contributed by atoms with Gasteiger partial charge >= 0.3 is 0 Å². The summed E-state index contributed by atoms with van der Waals surface area (Å²) >= 11 is 2.02. The molecule has 0 atom stereocenters. The van der Waals surface area contributed by atoms with E-state index in [-0.39, 0.29) is 6.69 Å². The highest BCUT2D eigenvalue weighted by atomic mass is 32.2. The molecule has 1 nitrogen and oxygen atoms in total. The van der Waals surface area contributed by atoms with Crippen LogP contribution in [0.2, 0.25) is 0 Å². The van der Waals surface area contributed by atoms with Gasteiger partial charge in [-0.25, -0.2) is 0 Å². The molecule has 0 aromatic heterocycles. The normalized spacial score (nSPS) is 11.6. The minimum Gasteiger partial charge on any atom is -0.518 e. The predicted octanol–water partition coefficient (Wildman–Crippen LogP) is 1.48. The van der Waals surface area contributed by atoms with Gasteiger partial charge in [0.25, 0.3) is 0 Å². The maximum Gasteiger partial charge on any atom is 0.241 e. The topological polar surface area (TPSA) is 0 Å². The first-order valence-electron chi connectivity index (χ1n) is 4.31. The second-order valence-corrected chi connectivity index (χ2v) is 5.63. The Bertz CT molecular complexity index is 230. The van der Waals surface area contributed by atoms with Crippen LogP contribution in [0.5, 0.6) is 0 Å². The average Bonchev–Trinajstić information content (AvgIpc) is 2.02. The lowest BCUT2D eigenvalue weighted by Gasteiger charge is -2.33. The van der Waals surface area contributed by atoms with Gasteiger partial charge < -0.3 is 4.39 Å². The van der Waals surface area contributed by atoms with Crippen molar-refractivity contribution in [2.24, 2.45) is 0 Å². The molecule has 0 fully saturated rings. The van der Waals surface area contributed by atoms with Crippen LogP contribution in [0, 0.1) is 0 Å². The molecule has 3 heteroatoms. The van der Waals surface area contributed by atoms with Crippen molar-refractivity contribution in [3.63, 3.8) is 0 Å². The molecule has 66 valence electrons. The quantitative estimate of drug-likeness (QED) is 0.636. The highest BCUT2D eigenvalue weighted by molar-refractivity contribution is 8.21. The minimum absolute atomic E-state index is 0.0265. The lowest BCUT2D eigenvalue weighted by Crippen LogP contribution is -2.36. The van der Waals surface area contributed by atoms with Crippen LogP contribution in [-0.2, 0) is 0 Å². The van der Waals surface area contributed by atoms with Gasteiger partial charge in [0.1, 0.15) is 0 Å². The molecule has 0 amide bonds. The molecule has 1 aromatic rings. The SMILES string of the molecule is C[N+](C)(C)[BH2-]Sc1ccccc1. The molecule has 0 bridgehead atoms. The van der Waals surface area contributed by atoms with Crippen molar-refractivity contribution in [1.82, 2.24) is 0 Å². The monoisotopic (exact) mass is 181 g/mol. The van der Waals surface area contributed by atoms with Crippen molar-refractivity contribution in [1.29, 1.82) is 0 Å². The van der Waals surface area contributed by atoms with Gasteiger partial charge in [-0.05, 0) is 4.90 Å². The van der Waals surface area contributed by atoms with Gasteiger partial charge in [0, 0.05) is 21.1 Å². The molecule has 0 radical (unpaired) electrons. The summed E-state index contributed by atoms with van der Waals surface area (Å²) in [5, 5.41) is 0. The number of hydrogen-bond acceptors (Lipinski definition) is 1. The van der Waals surface area contributed by atoms with E-state index < -0.39 is 0 Å². The lowest BCUT2D eigenvalue weighted by atomic mass is 10.3. The van der Waals surface area contributed by atoms with Gasteiger partial charge in [-0.3, -0.25) is 11.6 Å². The molecule has 0 aliphatic heterocycles. The molecule has 1 aromatic carbocycles. The van der Waals surface area contributed by atoms with Crippen LogP contribution in [0.4, 0.5) is 0 Å². The summed E-state index contributed by atoms with van der Waals surface area (Å²) in [6.45, 7) is 0.0265. The Balaban J connectivity index is 2.44. The van der Waals surface area contributed by atoms with Crippen LogP contribution in [0.15, 0.2) is 35.2 Å². The van der Waals surface area contributed by atoms with Crippen molar-refractivity contribution in [2.75, 3.05) is 21.1 Å². The van der Waals surface area contributed by atoms with E-state index >= 15 is 0 Å². The van der Waals surface area contributed by atoms with Crippen LogP contribution >= 0.6 is 11.6 Å². The Morgan fingerprint density at radius 3 is 2.17 bits per heavy atom. The van der Waals surface area contributed by atoms with Crippen LogP contribution in [0.25, 0.3) is 0 Å². The Hall–Kier alpha value is -0.405. The molecule has 0 aliphatic rings. The summed E-state index contributed by atoms with van der Waals surface area (Å²) in [6, 6.07) is 10.6. The zero-order valence-electron chi connectivity index (χ0n) is 8.24. The van der Waals surface area contributed by atoms with Crippen LogP contribution in [-0.4, -0.2) is 32.2 Å². The van der Waals surface area contributed by atoms with E-state index in [9.17, 15) is 0 Å². The van der Waals surface area contributed by atoms with Crippen LogP contribution < -0.4 is 0 Å². The van der Waals surface area contributed by atoms with E-state index in [1.54, 1.807) is 0 Å². The summed E-state index contributed by atoms with van der Waals surface area (Å²) in [6.07, 6.45) is 0. The minimum atomic E-state index is 0.0265. The number of quaternary nitrogens is 1. The molecule has 1 rings (SSSR count). The number of benzene rings is 1. The second kappa shape index (κ2) is 4.01. The number of nitrogens with zero attached hydrogens (tertiary/aromatic N) is 1. The zero-order chi connectivity index (χ0) is 9.03. The third-order valence-corrected chi connectivity index (χ3v) is 3.64. The first-order valence-corrected chi connectivity index (χ1v) is 5.54. The summed E-state index contributed by atoms with van der Waals surface area (Å²) in [7, 11) is 6.78. The Kier molecular flexibility index (Phi) is 3.24.